The summed E-state index contributed by atoms with van der Waals surface area (Å²) in [5.74, 6) is -0.371. The molecule has 0 aliphatic carbocycles. The van der Waals surface area contributed by atoms with Crippen LogP contribution in [0, 0.1) is 5.82 Å². The minimum absolute atomic E-state index is 0.0945. The first-order valence-electron chi connectivity index (χ1n) is 5.08. The lowest BCUT2D eigenvalue weighted by atomic mass is 10.2. The molecule has 4 heteroatoms. The third-order valence-corrected chi connectivity index (χ3v) is 2.72. The summed E-state index contributed by atoms with van der Waals surface area (Å²) in [5, 5.41) is 0. The van der Waals surface area contributed by atoms with Crippen molar-refractivity contribution in [2.75, 3.05) is 5.73 Å². The Bertz CT molecular complexity index is 493. The Morgan fingerprint density at radius 2 is 1.88 bits per heavy atom. The molecule has 0 amide bonds. The zero-order valence-electron chi connectivity index (χ0n) is 8.99. The van der Waals surface area contributed by atoms with Crippen LogP contribution in [-0.4, -0.2) is 0 Å². The van der Waals surface area contributed by atoms with E-state index in [0.717, 1.165) is 5.56 Å². The standard InChI is InChI=1S/C13H11BrFNO/c14-10-6-11(15)13(12(16)7-10)17-8-9-4-2-1-3-5-9/h1-7H,8,16H2. The van der Waals surface area contributed by atoms with Gasteiger partial charge in [0.15, 0.2) is 11.6 Å². The Hall–Kier alpha value is -1.55. The average Bonchev–Trinajstić information content (AvgIpc) is 2.29. The maximum Gasteiger partial charge on any atom is 0.178 e. The van der Waals surface area contributed by atoms with Gasteiger partial charge in [0.1, 0.15) is 6.61 Å². The number of hydrogen-bond donors (Lipinski definition) is 1. The van der Waals surface area contributed by atoms with Gasteiger partial charge in [-0.05, 0) is 17.7 Å². The van der Waals surface area contributed by atoms with Crippen LogP contribution >= 0.6 is 15.9 Å². The number of benzene rings is 2. The summed E-state index contributed by atoms with van der Waals surface area (Å²) in [7, 11) is 0. The highest BCUT2D eigenvalue weighted by molar-refractivity contribution is 9.10. The number of anilines is 1. The Morgan fingerprint density at radius 3 is 2.53 bits per heavy atom. The van der Waals surface area contributed by atoms with Crippen LogP contribution in [-0.2, 0) is 6.61 Å². The van der Waals surface area contributed by atoms with Crippen molar-refractivity contribution in [1.29, 1.82) is 0 Å². The van der Waals surface area contributed by atoms with Crippen molar-refractivity contribution in [3.8, 4) is 5.75 Å². The van der Waals surface area contributed by atoms with E-state index in [1.165, 1.54) is 6.07 Å². The molecule has 0 heterocycles. The molecule has 2 aromatic rings. The van der Waals surface area contributed by atoms with Crippen molar-refractivity contribution < 1.29 is 9.13 Å². The quantitative estimate of drug-likeness (QED) is 0.875. The highest BCUT2D eigenvalue weighted by Crippen LogP contribution is 2.29. The highest BCUT2D eigenvalue weighted by atomic mass is 79.9. The topological polar surface area (TPSA) is 35.2 Å². The van der Waals surface area contributed by atoms with Crippen molar-refractivity contribution in [2.24, 2.45) is 0 Å². The maximum absolute atomic E-state index is 13.6. The van der Waals surface area contributed by atoms with Gasteiger partial charge in [-0.25, -0.2) is 4.39 Å². The van der Waals surface area contributed by atoms with Gasteiger partial charge in [0, 0.05) is 4.47 Å². The number of hydrogen-bond acceptors (Lipinski definition) is 2. The second kappa shape index (κ2) is 5.19. The molecule has 0 aliphatic rings. The van der Waals surface area contributed by atoms with E-state index >= 15 is 0 Å². The average molecular weight is 296 g/mol. The lowest BCUT2D eigenvalue weighted by Crippen LogP contribution is -2.01. The Balaban J connectivity index is 2.15. The molecule has 0 saturated heterocycles. The zero-order valence-corrected chi connectivity index (χ0v) is 10.6. The third kappa shape index (κ3) is 2.97. The summed E-state index contributed by atoms with van der Waals surface area (Å²) in [6, 6.07) is 12.5. The van der Waals surface area contributed by atoms with Crippen molar-refractivity contribution in [2.45, 2.75) is 6.61 Å². The van der Waals surface area contributed by atoms with Gasteiger partial charge in [-0.1, -0.05) is 46.3 Å². The van der Waals surface area contributed by atoms with Crippen LogP contribution < -0.4 is 10.5 Å². The smallest absolute Gasteiger partial charge is 0.178 e. The van der Waals surface area contributed by atoms with Gasteiger partial charge in [0.25, 0.3) is 0 Å². The SMILES string of the molecule is Nc1cc(Br)cc(F)c1OCc1ccccc1. The molecule has 2 nitrogen and oxygen atoms in total. The van der Waals surface area contributed by atoms with E-state index in [-0.39, 0.29) is 11.4 Å². The van der Waals surface area contributed by atoms with E-state index in [2.05, 4.69) is 15.9 Å². The molecule has 0 aliphatic heterocycles. The predicted molar refractivity (Wildman–Crippen MR) is 69.3 cm³/mol. The first-order chi connectivity index (χ1) is 8.16. The summed E-state index contributed by atoms with van der Waals surface area (Å²) in [4.78, 5) is 0. The third-order valence-electron chi connectivity index (χ3n) is 2.26. The van der Waals surface area contributed by atoms with Gasteiger partial charge in [0.05, 0.1) is 5.69 Å². The number of rotatable bonds is 3. The molecule has 0 saturated carbocycles. The molecule has 0 spiro atoms. The monoisotopic (exact) mass is 295 g/mol. The highest BCUT2D eigenvalue weighted by Gasteiger charge is 2.09. The minimum Gasteiger partial charge on any atom is -0.484 e. The molecule has 2 N–H and O–H groups in total. The summed E-state index contributed by atoms with van der Waals surface area (Å²) < 4.78 is 19.6. The van der Waals surface area contributed by atoms with E-state index < -0.39 is 5.82 Å². The molecular formula is C13H11BrFNO. The zero-order chi connectivity index (χ0) is 12.3. The van der Waals surface area contributed by atoms with Gasteiger partial charge in [-0.2, -0.15) is 0 Å². The summed E-state index contributed by atoms with van der Waals surface area (Å²) >= 11 is 3.17. The molecule has 2 rings (SSSR count). The number of ether oxygens (including phenoxy) is 1. The van der Waals surface area contributed by atoms with Gasteiger partial charge in [-0.15, -0.1) is 0 Å². The molecule has 0 aromatic heterocycles. The van der Waals surface area contributed by atoms with Crippen molar-refractivity contribution in [3.05, 3.63) is 58.3 Å². The number of nitrogen functional groups attached to an aromatic ring is 1. The molecule has 2 aromatic carbocycles. The van der Waals surface area contributed by atoms with Crippen LogP contribution in [0.3, 0.4) is 0 Å². The van der Waals surface area contributed by atoms with E-state index in [0.29, 0.717) is 11.1 Å². The maximum atomic E-state index is 13.6. The van der Waals surface area contributed by atoms with E-state index in [1.54, 1.807) is 6.07 Å². The minimum atomic E-state index is -0.465. The second-order valence-corrected chi connectivity index (χ2v) is 4.50. The molecule has 0 radical (unpaired) electrons. The number of halogens is 2. The summed E-state index contributed by atoms with van der Waals surface area (Å²) in [6.45, 7) is 0.295. The summed E-state index contributed by atoms with van der Waals surface area (Å²) in [5.41, 5.74) is 6.94. The predicted octanol–water partition coefficient (Wildman–Crippen LogP) is 3.75. The van der Waals surface area contributed by atoms with E-state index in [1.807, 2.05) is 30.3 Å². The van der Waals surface area contributed by atoms with Crippen LogP contribution in [0.1, 0.15) is 5.56 Å². The van der Waals surface area contributed by atoms with Crippen LogP contribution in [0.5, 0.6) is 5.75 Å². The first-order valence-corrected chi connectivity index (χ1v) is 5.87. The van der Waals surface area contributed by atoms with Crippen LogP contribution in [0.4, 0.5) is 10.1 Å². The lowest BCUT2D eigenvalue weighted by Gasteiger charge is -2.10. The largest absolute Gasteiger partial charge is 0.484 e. The fourth-order valence-corrected chi connectivity index (χ4v) is 1.91. The Labute approximate surface area is 107 Å². The first kappa shape index (κ1) is 11.9. The fourth-order valence-electron chi connectivity index (χ4n) is 1.46. The van der Waals surface area contributed by atoms with Gasteiger partial charge in [0.2, 0.25) is 0 Å². The molecule has 0 atom stereocenters. The lowest BCUT2D eigenvalue weighted by molar-refractivity contribution is 0.292. The molecule has 0 unspecified atom stereocenters. The van der Waals surface area contributed by atoms with Crippen LogP contribution in [0.25, 0.3) is 0 Å². The van der Waals surface area contributed by atoms with Gasteiger partial charge in [-0.3, -0.25) is 0 Å². The van der Waals surface area contributed by atoms with Gasteiger partial charge < -0.3 is 10.5 Å². The molecule has 0 bridgehead atoms. The van der Waals surface area contributed by atoms with E-state index in [9.17, 15) is 4.39 Å². The second-order valence-electron chi connectivity index (χ2n) is 3.58. The van der Waals surface area contributed by atoms with Crippen molar-refractivity contribution in [1.82, 2.24) is 0 Å². The van der Waals surface area contributed by atoms with E-state index in [4.69, 9.17) is 10.5 Å². The van der Waals surface area contributed by atoms with Crippen LogP contribution in [0.2, 0.25) is 0 Å². The number of nitrogens with two attached hydrogens (primary N) is 1. The molecule has 88 valence electrons. The molecule has 17 heavy (non-hydrogen) atoms. The van der Waals surface area contributed by atoms with Crippen molar-refractivity contribution >= 4 is 21.6 Å². The Kier molecular flexibility index (Phi) is 3.64. The van der Waals surface area contributed by atoms with Crippen LogP contribution in [0.15, 0.2) is 46.9 Å². The summed E-state index contributed by atoms with van der Waals surface area (Å²) in [6.07, 6.45) is 0. The fraction of sp³-hybridized carbons (Fsp3) is 0.0769. The molecule has 0 fully saturated rings. The normalized spacial score (nSPS) is 10.2. The van der Waals surface area contributed by atoms with Gasteiger partial charge >= 0.3 is 0 Å². The van der Waals surface area contributed by atoms with Crippen molar-refractivity contribution in [3.63, 3.8) is 0 Å². The Morgan fingerprint density at radius 1 is 1.18 bits per heavy atom. The molecular weight excluding hydrogens is 285 g/mol.